The molecule has 13 heavy (non-hydrogen) atoms. The summed E-state index contributed by atoms with van der Waals surface area (Å²) in [5.74, 6) is 0. The highest BCUT2D eigenvalue weighted by molar-refractivity contribution is 4.64. The van der Waals surface area contributed by atoms with Crippen LogP contribution in [0.1, 0.15) is 39.0 Å². The molecule has 1 nitrogen and oxygen atoms in total. The second kappa shape index (κ2) is 7.14. The number of likely N-dealkylation sites (N-methyl/N-ethyl adjacent to an activating group) is 1. The summed E-state index contributed by atoms with van der Waals surface area (Å²) < 4.78 is 1.09. The molecule has 0 atom stereocenters. The van der Waals surface area contributed by atoms with Crippen molar-refractivity contribution in [1.29, 1.82) is 0 Å². The Hall–Kier alpha value is -0.300. The van der Waals surface area contributed by atoms with Crippen LogP contribution in [0.25, 0.3) is 0 Å². The molecule has 0 saturated carbocycles. The second-order valence-electron chi connectivity index (χ2n) is 4.54. The summed E-state index contributed by atoms with van der Waals surface area (Å²) in [6.45, 7) is 8.43. The average Bonchev–Trinajstić information content (AvgIpc) is 2.04. The smallest absolute Gasteiger partial charge is 0.0966 e. The quantitative estimate of drug-likeness (QED) is 0.309. The fourth-order valence-corrected chi connectivity index (χ4v) is 1.58. The predicted octanol–water partition coefficient (Wildman–Crippen LogP) is 3.22. The van der Waals surface area contributed by atoms with Crippen LogP contribution in [0.3, 0.4) is 0 Å². The number of hydrogen-bond acceptors (Lipinski definition) is 0. The van der Waals surface area contributed by atoms with Crippen LogP contribution in [0.5, 0.6) is 0 Å². The fourth-order valence-electron chi connectivity index (χ4n) is 1.58. The zero-order valence-corrected chi connectivity index (χ0v) is 9.68. The molecule has 0 rings (SSSR count). The van der Waals surface area contributed by atoms with Gasteiger partial charge in [0.1, 0.15) is 0 Å². The summed E-state index contributed by atoms with van der Waals surface area (Å²) in [4.78, 5) is 0. The molecular weight excluding hydrogens is 158 g/mol. The number of rotatable bonds is 8. The Morgan fingerprint density at radius 2 is 1.69 bits per heavy atom. The van der Waals surface area contributed by atoms with Gasteiger partial charge >= 0.3 is 0 Å². The monoisotopic (exact) mass is 184 g/mol. The number of nitrogens with zero attached hydrogens (tertiary/aromatic N) is 1. The van der Waals surface area contributed by atoms with Crippen LogP contribution in [0, 0.1) is 0 Å². The molecule has 0 aromatic rings. The highest BCUT2D eigenvalue weighted by Gasteiger charge is 2.10. The molecule has 0 radical (unpaired) electrons. The van der Waals surface area contributed by atoms with Gasteiger partial charge in [0.15, 0.2) is 0 Å². The topological polar surface area (TPSA) is 0 Å². The van der Waals surface area contributed by atoms with Gasteiger partial charge in [0, 0.05) is 0 Å². The van der Waals surface area contributed by atoms with Gasteiger partial charge < -0.3 is 4.48 Å². The van der Waals surface area contributed by atoms with Crippen molar-refractivity contribution in [3.63, 3.8) is 0 Å². The van der Waals surface area contributed by atoms with Crippen molar-refractivity contribution in [3.8, 4) is 0 Å². The lowest BCUT2D eigenvalue weighted by Crippen LogP contribution is -2.40. The molecule has 0 amide bonds. The normalized spacial score (nSPS) is 11.6. The minimum Gasteiger partial charge on any atom is -0.325 e. The third-order valence-corrected chi connectivity index (χ3v) is 2.49. The van der Waals surface area contributed by atoms with Gasteiger partial charge in [0.05, 0.1) is 27.2 Å². The van der Waals surface area contributed by atoms with E-state index in [1.54, 1.807) is 0 Å². The van der Waals surface area contributed by atoms with Crippen molar-refractivity contribution < 1.29 is 4.48 Å². The first-order valence-electron chi connectivity index (χ1n) is 5.55. The van der Waals surface area contributed by atoms with E-state index < -0.39 is 0 Å². The largest absolute Gasteiger partial charge is 0.325 e. The Morgan fingerprint density at radius 3 is 2.23 bits per heavy atom. The summed E-state index contributed by atoms with van der Waals surface area (Å²) >= 11 is 0. The van der Waals surface area contributed by atoms with Crippen molar-refractivity contribution in [2.24, 2.45) is 0 Å². The van der Waals surface area contributed by atoms with Crippen LogP contribution >= 0.6 is 0 Å². The number of hydrogen-bond donors (Lipinski definition) is 0. The van der Waals surface area contributed by atoms with E-state index in [1.807, 2.05) is 6.08 Å². The van der Waals surface area contributed by atoms with E-state index in [4.69, 9.17) is 0 Å². The molecule has 0 aliphatic heterocycles. The Balaban J connectivity index is 3.34. The fraction of sp³-hybridized carbons (Fsp3) is 0.833. The lowest BCUT2D eigenvalue weighted by molar-refractivity contribution is -0.884. The van der Waals surface area contributed by atoms with Crippen LogP contribution < -0.4 is 0 Å². The zero-order valence-electron chi connectivity index (χ0n) is 9.68. The molecular formula is C12H26N+. The van der Waals surface area contributed by atoms with Crippen molar-refractivity contribution in [2.45, 2.75) is 39.0 Å². The third kappa shape index (κ3) is 8.04. The van der Waals surface area contributed by atoms with Gasteiger partial charge in [-0.1, -0.05) is 32.8 Å². The first kappa shape index (κ1) is 12.7. The van der Waals surface area contributed by atoms with Crippen LogP contribution in [0.4, 0.5) is 0 Å². The molecule has 0 heterocycles. The van der Waals surface area contributed by atoms with Crippen molar-refractivity contribution in [1.82, 2.24) is 0 Å². The molecule has 0 aliphatic carbocycles. The Kier molecular flexibility index (Phi) is 6.97. The van der Waals surface area contributed by atoms with Gasteiger partial charge in [0.2, 0.25) is 0 Å². The standard InChI is InChI=1S/C12H26N/c1-5-7-8-9-10-12-13(3,4)11-6-2/h6H,2,5,7-12H2,1,3-4H3/q+1. The molecule has 0 spiro atoms. The molecule has 0 saturated heterocycles. The van der Waals surface area contributed by atoms with Crippen LogP contribution in [-0.2, 0) is 0 Å². The van der Waals surface area contributed by atoms with Gasteiger partial charge in [-0.25, -0.2) is 0 Å². The van der Waals surface area contributed by atoms with Gasteiger partial charge in [0.25, 0.3) is 0 Å². The maximum absolute atomic E-state index is 3.79. The molecule has 0 aromatic heterocycles. The Bertz CT molecular complexity index is 127. The van der Waals surface area contributed by atoms with Crippen molar-refractivity contribution in [2.75, 3.05) is 27.2 Å². The van der Waals surface area contributed by atoms with Crippen molar-refractivity contribution in [3.05, 3.63) is 12.7 Å². The summed E-state index contributed by atoms with van der Waals surface area (Å²) in [6, 6.07) is 0. The molecule has 0 aromatic carbocycles. The lowest BCUT2D eigenvalue weighted by Gasteiger charge is -2.28. The van der Waals surface area contributed by atoms with Gasteiger partial charge in [-0.05, 0) is 18.9 Å². The minimum atomic E-state index is 1.09. The highest BCUT2D eigenvalue weighted by Crippen LogP contribution is 2.06. The molecule has 1 heteroatoms. The molecule has 0 unspecified atom stereocenters. The molecule has 0 N–H and O–H groups in total. The number of unbranched alkanes of at least 4 members (excludes halogenated alkanes) is 4. The summed E-state index contributed by atoms with van der Waals surface area (Å²) in [6.07, 6.45) is 8.92. The first-order valence-corrected chi connectivity index (χ1v) is 5.55. The first-order chi connectivity index (χ1) is 6.12. The second-order valence-corrected chi connectivity index (χ2v) is 4.54. The molecule has 78 valence electrons. The summed E-state index contributed by atoms with van der Waals surface area (Å²) in [5.41, 5.74) is 0. The highest BCUT2D eigenvalue weighted by atomic mass is 15.3. The third-order valence-electron chi connectivity index (χ3n) is 2.49. The van der Waals surface area contributed by atoms with E-state index in [-0.39, 0.29) is 0 Å². The van der Waals surface area contributed by atoms with Gasteiger partial charge in [-0.2, -0.15) is 0 Å². The molecule has 0 bridgehead atoms. The zero-order chi connectivity index (χ0) is 10.2. The SMILES string of the molecule is C=CC[N+](C)(C)CCCCCCC. The van der Waals surface area contributed by atoms with E-state index in [1.165, 1.54) is 38.6 Å². The van der Waals surface area contributed by atoms with E-state index in [2.05, 4.69) is 27.6 Å². The predicted molar refractivity (Wildman–Crippen MR) is 60.8 cm³/mol. The Labute approximate surface area is 84.0 Å². The summed E-state index contributed by atoms with van der Waals surface area (Å²) in [5, 5.41) is 0. The van der Waals surface area contributed by atoms with E-state index in [9.17, 15) is 0 Å². The van der Waals surface area contributed by atoms with Crippen LogP contribution in [-0.4, -0.2) is 31.7 Å². The van der Waals surface area contributed by atoms with E-state index in [0.29, 0.717) is 0 Å². The summed E-state index contributed by atoms with van der Waals surface area (Å²) in [7, 11) is 4.56. The molecule has 0 aliphatic rings. The maximum Gasteiger partial charge on any atom is 0.0966 e. The van der Waals surface area contributed by atoms with Crippen LogP contribution in [0.2, 0.25) is 0 Å². The Morgan fingerprint density at radius 1 is 1.08 bits per heavy atom. The van der Waals surface area contributed by atoms with E-state index in [0.717, 1.165) is 11.0 Å². The van der Waals surface area contributed by atoms with Gasteiger partial charge in [-0.15, -0.1) is 0 Å². The van der Waals surface area contributed by atoms with E-state index >= 15 is 0 Å². The number of quaternary nitrogens is 1. The van der Waals surface area contributed by atoms with Gasteiger partial charge in [-0.3, -0.25) is 0 Å². The molecule has 0 fully saturated rings. The average molecular weight is 184 g/mol. The minimum absolute atomic E-state index is 1.09. The van der Waals surface area contributed by atoms with Crippen LogP contribution in [0.15, 0.2) is 12.7 Å². The lowest BCUT2D eigenvalue weighted by atomic mass is 10.1. The van der Waals surface area contributed by atoms with Crippen molar-refractivity contribution >= 4 is 0 Å². The maximum atomic E-state index is 3.79.